The van der Waals surface area contributed by atoms with Crippen molar-refractivity contribution in [3.8, 4) is 5.75 Å². The van der Waals surface area contributed by atoms with Crippen LogP contribution in [0.5, 0.6) is 5.75 Å². The van der Waals surface area contributed by atoms with E-state index in [2.05, 4.69) is 4.99 Å². The van der Waals surface area contributed by atoms with Gasteiger partial charge in [0.15, 0.2) is 17.1 Å². The summed E-state index contributed by atoms with van der Waals surface area (Å²) in [7, 11) is -2.62. The summed E-state index contributed by atoms with van der Waals surface area (Å²) < 4.78 is 65.4. The van der Waals surface area contributed by atoms with Crippen LogP contribution in [0.4, 0.5) is 14.5 Å². The largest absolute Gasteiger partial charge is 0.493 e. The van der Waals surface area contributed by atoms with Crippen molar-refractivity contribution in [3.05, 3.63) is 89.5 Å². The number of sulfone groups is 1. The molecule has 4 aromatic rings. The first-order chi connectivity index (χ1) is 14.8. The van der Waals surface area contributed by atoms with Crippen LogP contribution in [-0.2, 0) is 9.84 Å². The number of halogens is 2. The third kappa shape index (κ3) is 3.94. The summed E-state index contributed by atoms with van der Waals surface area (Å²) in [5, 5.41) is 0.462. The number of hydrogen-bond acceptors (Lipinski definition) is 5. The summed E-state index contributed by atoms with van der Waals surface area (Å²) in [6, 6.07) is 15.5. The molecule has 1 heterocycles. The van der Waals surface area contributed by atoms with Crippen LogP contribution in [0.25, 0.3) is 11.0 Å². The standard InChI is InChI=1S/C23H17F2NO4S/c1-14-6-9-17(10-7-14)31(27,28)21-12-15-4-3-5-20(29-2)22(15)30-23(21)26-19-11-8-16(24)13-18(19)25/h3-13H,1-2H3. The highest BCUT2D eigenvalue weighted by molar-refractivity contribution is 7.91. The van der Waals surface area contributed by atoms with Crippen molar-refractivity contribution in [2.75, 3.05) is 7.11 Å². The number of rotatable bonds is 4. The molecule has 0 atom stereocenters. The van der Waals surface area contributed by atoms with Crippen molar-refractivity contribution in [3.63, 3.8) is 0 Å². The fraction of sp³-hybridized carbons (Fsp3) is 0.0870. The van der Waals surface area contributed by atoms with E-state index in [1.165, 1.54) is 25.3 Å². The third-order valence-electron chi connectivity index (χ3n) is 4.68. The number of hydrogen-bond donors (Lipinski definition) is 0. The first-order valence-corrected chi connectivity index (χ1v) is 10.7. The number of benzene rings is 3. The Labute approximate surface area is 177 Å². The topological polar surface area (TPSA) is 68.9 Å². The van der Waals surface area contributed by atoms with Gasteiger partial charge in [-0.2, -0.15) is 0 Å². The van der Waals surface area contributed by atoms with Gasteiger partial charge in [-0.1, -0.05) is 29.8 Å². The predicted molar refractivity (Wildman–Crippen MR) is 111 cm³/mol. The normalized spacial score (nSPS) is 12.3. The molecule has 0 fully saturated rings. The molecule has 0 N–H and O–H groups in total. The Morgan fingerprint density at radius 1 is 0.968 bits per heavy atom. The molecule has 5 nitrogen and oxygen atoms in total. The van der Waals surface area contributed by atoms with Gasteiger partial charge in [0.05, 0.1) is 12.0 Å². The van der Waals surface area contributed by atoms with Crippen LogP contribution in [-0.4, -0.2) is 15.5 Å². The number of fused-ring (bicyclic) bond motifs is 1. The van der Waals surface area contributed by atoms with Gasteiger partial charge >= 0.3 is 0 Å². The maximum absolute atomic E-state index is 14.2. The molecule has 0 spiro atoms. The summed E-state index contributed by atoms with van der Waals surface area (Å²) in [6.45, 7) is 1.84. The number of nitrogens with zero attached hydrogens (tertiary/aromatic N) is 1. The molecule has 1 aromatic heterocycles. The van der Waals surface area contributed by atoms with Crippen LogP contribution in [0.1, 0.15) is 5.56 Å². The maximum atomic E-state index is 14.2. The second kappa shape index (κ2) is 7.96. The Hall–Kier alpha value is -3.52. The lowest BCUT2D eigenvalue weighted by atomic mass is 10.2. The molecule has 4 rings (SSSR count). The molecule has 3 aromatic carbocycles. The molecule has 31 heavy (non-hydrogen) atoms. The molecule has 0 saturated carbocycles. The predicted octanol–water partition coefficient (Wildman–Crippen LogP) is 5.09. The van der Waals surface area contributed by atoms with Gasteiger partial charge in [0.1, 0.15) is 16.4 Å². The molecule has 158 valence electrons. The molecule has 0 aliphatic heterocycles. The monoisotopic (exact) mass is 441 g/mol. The lowest BCUT2D eigenvalue weighted by molar-refractivity contribution is 0.403. The van der Waals surface area contributed by atoms with Crippen LogP contribution in [0.3, 0.4) is 0 Å². The van der Waals surface area contributed by atoms with Gasteiger partial charge in [-0.15, -0.1) is 0 Å². The van der Waals surface area contributed by atoms with E-state index in [-0.39, 0.29) is 26.6 Å². The highest BCUT2D eigenvalue weighted by Crippen LogP contribution is 2.28. The van der Waals surface area contributed by atoms with E-state index in [0.29, 0.717) is 17.2 Å². The smallest absolute Gasteiger partial charge is 0.239 e. The van der Waals surface area contributed by atoms with Crippen LogP contribution < -0.4 is 10.3 Å². The first-order valence-electron chi connectivity index (χ1n) is 9.22. The van der Waals surface area contributed by atoms with Gasteiger partial charge < -0.3 is 9.15 Å². The Kier molecular flexibility index (Phi) is 5.32. The summed E-state index contributed by atoms with van der Waals surface area (Å²) in [5.74, 6) is -1.37. The highest BCUT2D eigenvalue weighted by Gasteiger charge is 2.23. The minimum Gasteiger partial charge on any atom is -0.493 e. The van der Waals surface area contributed by atoms with Crippen molar-refractivity contribution in [1.29, 1.82) is 0 Å². The van der Waals surface area contributed by atoms with Crippen molar-refractivity contribution in [1.82, 2.24) is 0 Å². The molecule has 0 amide bonds. The van der Waals surface area contributed by atoms with Crippen molar-refractivity contribution in [2.45, 2.75) is 16.7 Å². The van der Waals surface area contributed by atoms with Crippen LogP contribution >= 0.6 is 0 Å². The van der Waals surface area contributed by atoms with Gasteiger partial charge in [0.2, 0.25) is 15.4 Å². The van der Waals surface area contributed by atoms with Crippen LogP contribution in [0.15, 0.2) is 85.9 Å². The van der Waals surface area contributed by atoms with Gasteiger partial charge in [0.25, 0.3) is 0 Å². The van der Waals surface area contributed by atoms with E-state index in [9.17, 15) is 17.2 Å². The average molecular weight is 441 g/mol. The third-order valence-corrected chi connectivity index (χ3v) is 6.44. The zero-order valence-electron chi connectivity index (χ0n) is 16.6. The zero-order chi connectivity index (χ0) is 22.2. The minimum atomic E-state index is -4.06. The summed E-state index contributed by atoms with van der Waals surface area (Å²) in [5.41, 5.74) is 0.530. The average Bonchev–Trinajstić information content (AvgIpc) is 2.75. The van der Waals surface area contributed by atoms with E-state index in [1.54, 1.807) is 30.3 Å². The lowest BCUT2D eigenvalue weighted by Gasteiger charge is -2.09. The van der Waals surface area contributed by atoms with E-state index < -0.39 is 21.5 Å². The van der Waals surface area contributed by atoms with E-state index in [1.807, 2.05) is 6.92 Å². The summed E-state index contributed by atoms with van der Waals surface area (Å²) in [6.07, 6.45) is 0. The Morgan fingerprint density at radius 3 is 2.39 bits per heavy atom. The molecule has 0 saturated heterocycles. The maximum Gasteiger partial charge on any atom is 0.239 e. The quantitative estimate of drug-likeness (QED) is 0.442. The number of para-hydroxylation sites is 1. The Bertz CT molecular complexity index is 1460. The van der Waals surface area contributed by atoms with E-state index >= 15 is 0 Å². The molecular formula is C23H17F2NO4S. The minimum absolute atomic E-state index is 0.0339. The van der Waals surface area contributed by atoms with Crippen molar-refractivity contribution >= 4 is 26.5 Å². The van der Waals surface area contributed by atoms with Gasteiger partial charge in [0, 0.05) is 11.5 Å². The van der Waals surface area contributed by atoms with E-state index in [0.717, 1.165) is 17.7 Å². The fourth-order valence-corrected chi connectivity index (χ4v) is 4.41. The Balaban J connectivity index is 2.07. The zero-order valence-corrected chi connectivity index (χ0v) is 17.4. The molecule has 0 bridgehead atoms. The second-order valence-electron chi connectivity index (χ2n) is 6.82. The molecule has 0 radical (unpaired) electrons. The lowest BCUT2D eigenvalue weighted by Crippen LogP contribution is -2.16. The van der Waals surface area contributed by atoms with Gasteiger partial charge in [-0.05, 0) is 43.3 Å². The second-order valence-corrected chi connectivity index (χ2v) is 8.74. The number of methoxy groups -OCH3 is 1. The van der Waals surface area contributed by atoms with Gasteiger partial charge in [-0.3, -0.25) is 0 Å². The Morgan fingerprint density at radius 2 is 1.71 bits per heavy atom. The molecule has 0 unspecified atom stereocenters. The first kappa shape index (κ1) is 20.7. The van der Waals surface area contributed by atoms with Crippen molar-refractivity contribution in [2.24, 2.45) is 4.99 Å². The molecular weight excluding hydrogens is 424 g/mol. The summed E-state index contributed by atoms with van der Waals surface area (Å²) in [4.78, 5) is 3.86. The van der Waals surface area contributed by atoms with Crippen LogP contribution in [0, 0.1) is 18.6 Å². The number of ether oxygens (including phenoxy) is 1. The molecule has 0 aliphatic carbocycles. The van der Waals surface area contributed by atoms with E-state index in [4.69, 9.17) is 9.15 Å². The van der Waals surface area contributed by atoms with Crippen LogP contribution in [0.2, 0.25) is 0 Å². The molecule has 8 heteroatoms. The SMILES string of the molecule is COc1cccc2cc(S(=O)(=O)c3ccc(C)cc3)c(=Nc3ccc(F)cc3F)oc12. The fourth-order valence-electron chi connectivity index (χ4n) is 3.06. The molecule has 0 aliphatic rings. The number of aryl methyl sites for hydroxylation is 1. The highest BCUT2D eigenvalue weighted by atomic mass is 32.2. The van der Waals surface area contributed by atoms with Crippen molar-refractivity contribution < 1.29 is 26.4 Å². The summed E-state index contributed by atoms with van der Waals surface area (Å²) >= 11 is 0. The van der Waals surface area contributed by atoms with Gasteiger partial charge in [-0.25, -0.2) is 22.2 Å².